The Hall–Kier alpha value is -5.66. The quantitative estimate of drug-likeness (QED) is 0.239. The number of rotatable bonds is 3. The number of anilines is 3. The molecule has 24 radical (unpaired) electrons. The minimum absolute atomic E-state index is 0.163. The number of fused-ring (bicyclic) bond motifs is 16. The van der Waals surface area contributed by atoms with Crippen molar-refractivity contribution < 1.29 is 0 Å². The van der Waals surface area contributed by atoms with Crippen LogP contribution in [-0.4, -0.2) is 94.2 Å². The molecule has 4 aliphatic rings. The number of benzene rings is 8. The molecule has 0 saturated heterocycles. The Morgan fingerprint density at radius 2 is 0.750 bits per heavy atom. The van der Waals surface area contributed by atoms with Gasteiger partial charge in [-0.1, -0.05) is 171 Å². The van der Waals surface area contributed by atoms with Gasteiger partial charge < -0.3 is 4.90 Å². The van der Waals surface area contributed by atoms with Gasteiger partial charge in [-0.3, -0.25) is 0 Å². The minimum Gasteiger partial charge on any atom is -0.311 e. The average Bonchev–Trinajstić information content (AvgIpc) is 3.98. The first kappa shape index (κ1) is 47.3. The lowest BCUT2D eigenvalue weighted by Gasteiger charge is -2.36. The van der Waals surface area contributed by atoms with Crippen LogP contribution in [0.4, 0.5) is 17.1 Å². The third-order valence-corrected chi connectivity index (χ3v) is 16.9. The van der Waals surface area contributed by atoms with Crippen molar-refractivity contribution in [3.8, 4) is 44.5 Å². The van der Waals surface area contributed by atoms with Gasteiger partial charge in [0, 0.05) is 27.8 Å². The van der Waals surface area contributed by atoms with Crippen LogP contribution >= 0.6 is 0 Å². The topological polar surface area (TPSA) is 3.24 Å². The molecule has 0 aliphatic heterocycles. The molecule has 4 aliphatic carbocycles. The normalized spacial score (nSPS) is 15.3. The standard InChI is InChI=1S/C59H37B12N/c1-56(2,3)24-19-20-27-31(21-24)59(28-15-10-8-13-25(28)26-14-9-11-16-29(26)59)30-17-12-18-34(37(27)30)72(35-22-32-38(46(62)44(35)60)40-42(57(32,4)5)50(66)54(70)52(68)48(40)64)36-23-33-39(47(63)45(36)61)41-43(58(33,6)7)51(67)55(71)53(69)49(41)65/h8-23H,1-7H3. The number of hydrogen-bond donors (Lipinski definition) is 0. The molecule has 13 heteroatoms. The molecule has 12 rings (SSSR count). The van der Waals surface area contributed by atoms with Crippen molar-refractivity contribution >= 4 is 177 Å². The summed E-state index contributed by atoms with van der Waals surface area (Å²) in [5.74, 6) is 0. The highest BCUT2D eigenvalue weighted by Gasteiger charge is 2.53. The first-order valence-corrected chi connectivity index (χ1v) is 24.2. The number of hydrogen-bond acceptors (Lipinski definition) is 1. The highest BCUT2D eigenvalue weighted by Crippen LogP contribution is 2.65. The Kier molecular flexibility index (Phi) is 10.0. The fourth-order valence-corrected chi connectivity index (χ4v) is 13.3. The molecule has 8 aromatic carbocycles. The second-order valence-corrected chi connectivity index (χ2v) is 22.2. The Morgan fingerprint density at radius 1 is 0.333 bits per heavy atom. The Balaban J connectivity index is 1.23. The predicted octanol–water partition coefficient (Wildman–Crippen LogP) is 0.936. The van der Waals surface area contributed by atoms with Gasteiger partial charge in [-0.05, 0) is 113 Å². The molecule has 0 N–H and O–H groups in total. The van der Waals surface area contributed by atoms with Gasteiger partial charge >= 0.3 is 0 Å². The van der Waals surface area contributed by atoms with E-state index >= 15 is 0 Å². The van der Waals surface area contributed by atoms with E-state index in [0.29, 0.717) is 55.5 Å². The molecule has 1 nitrogen and oxygen atoms in total. The van der Waals surface area contributed by atoms with Crippen LogP contribution < -0.4 is 70.5 Å². The third kappa shape index (κ3) is 5.67. The lowest BCUT2D eigenvalue weighted by atomic mass is 9.61. The zero-order chi connectivity index (χ0) is 51.4. The molecular formula is C59H37B12N. The molecule has 8 aromatic rings. The summed E-state index contributed by atoms with van der Waals surface area (Å²) in [5.41, 5.74) is 18.5. The van der Waals surface area contributed by atoms with Crippen LogP contribution in [0.2, 0.25) is 0 Å². The van der Waals surface area contributed by atoms with Crippen molar-refractivity contribution in [3.05, 3.63) is 147 Å². The van der Waals surface area contributed by atoms with Gasteiger partial charge in [0.05, 0.1) is 11.1 Å². The summed E-state index contributed by atoms with van der Waals surface area (Å²) in [6.45, 7) is 15.0. The summed E-state index contributed by atoms with van der Waals surface area (Å²) in [6, 6.07) is 35.1. The molecular weight excluding hydrogens is 852 g/mol. The molecule has 314 valence electrons. The molecule has 0 fully saturated rings. The van der Waals surface area contributed by atoms with E-state index in [4.69, 9.17) is 94.2 Å². The summed E-state index contributed by atoms with van der Waals surface area (Å²) in [5, 5.41) is 0. The fourth-order valence-electron chi connectivity index (χ4n) is 13.3. The van der Waals surface area contributed by atoms with Crippen molar-refractivity contribution in [3.63, 3.8) is 0 Å². The highest BCUT2D eigenvalue weighted by molar-refractivity contribution is 6.66. The smallest absolute Gasteiger partial charge is 0.115 e. The maximum atomic E-state index is 7.55. The third-order valence-electron chi connectivity index (χ3n) is 16.9. The number of nitrogens with zero attached hydrogens (tertiary/aromatic N) is 1. The molecule has 72 heavy (non-hydrogen) atoms. The van der Waals surface area contributed by atoms with Gasteiger partial charge in [-0.25, -0.2) is 0 Å². The van der Waals surface area contributed by atoms with Crippen molar-refractivity contribution in [1.82, 2.24) is 0 Å². The van der Waals surface area contributed by atoms with Crippen LogP contribution in [0.1, 0.15) is 98.5 Å². The lowest BCUT2D eigenvalue weighted by molar-refractivity contribution is 0.588. The minimum atomic E-state index is -0.788. The van der Waals surface area contributed by atoms with E-state index in [1.807, 2.05) is 0 Å². The van der Waals surface area contributed by atoms with Crippen molar-refractivity contribution in [2.75, 3.05) is 4.90 Å². The van der Waals surface area contributed by atoms with Gasteiger partial charge in [0.25, 0.3) is 0 Å². The molecule has 0 unspecified atom stereocenters. The summed E-state index contributed by atoms with van der Waals surface area (Å²) in [4.78, 5) is 2.12. The zero-order valence-corrected chi connectivity index (χ0v) is 41.6. The van der Waals surface area contributed by atoms with E-state index in [9.17, 15) is 0 Å². The van der Waals surface area contributed by atoms with Crippen LogP contribution in [0.3, 0.4) is 0 Å². The predicted molar refractivity (Wildman–Crippen MR) is 316 cm³/mol. The van der Waals surface area contributed by atoms with Gasteiger partial charge in [0.2, 0.25) is 0 Å². The average molecular weight is 890 g/mol. The van der Waals surface area contributed by atoms with E-state index < -0.39 is 16.2 Å². The van der Waals surface area contributed by atoms with Crippen LogP contribution in [0.15, 0.2) is 97.1 Å². The molecule has 0 bridgehead atoms. The van der Waals surface area contributed by atoms with Crippen LogP contribution in [0.5, 0.6) is 0 Å². The maximum Gasteiger partial charge on any atom is 0.115 e. The van der Waals surface area contributed by atoms with E-state index in [0.717, 1.165) is 44.6 Å². The molecule has 1 spiro atoms. The van der Waals surface area contributed by atoms with Crippen LogP contribution in [0.25, 0.3) is 44.5 Å². The highest BCUT2D eigenvalue weighted by atomic mass is 15.2. The Labute approximate surface area is 440 Å². The molecule has 0 saturated carbocycles. The van der Waals surface area contributed by atoms with Gasteiger partial charge in [-0.2, -0.15) is 0 Å². The SMILES string of the molecule is [B]c1c(N(c2cc3c(c([B])c2[B])-c2c([B])c([B])c([B])c([B])c2C3(C)C)c2cccc3c2-c2ccc(C(C)(C)C)cc2C32c3ccccc3-c3ccccc32)cc2c(c1[B])-c1c([B])c([B])c([B])c([B])c1C2(C)C. The van der Waals surface area contributed by atoms with E-state index in [1.54, 1.807) is 0 Å². The van der Waals surface area contributed by atoms with E-state index in [2.05, 4.69) is 150 Å². The van der Waals surface area contributed by atoms with Gasteiger partial charge in [-0.15, -0.1) is 21.9 Å². The molecule has 0 amide bonds. The monoisotopic (exact) mass is 891 g/mol. The molecule has 0 aromatic heterocycles. The first-order chi connectivity index (χ1) is 33.9. The summed E-state index contributed by atoms with van der Waals surface area (Å²) in [6.07, 6.45) is 0. The van der Waals surface area contributed by atoms with E-state index in [1.165, 1.54) is 33.4 Å². The summed E-state index contributed by atoms with van der Waals surface area (Å²) in [7, 11) is 83.6. The largest absolute Gasteiger partial charge is 0.311 e. The molecule has 0 heterocycles. The van der Waals surface area contributed by atoms with Gasteiger partial charge in [0.15, 0.2) is 0 Å². The molecule has 0 atom stereocenters. The fraction of sp³-hybridized carbons (Fsp3) is 0.186. The van der Waals surface area contributed by atoms with Crippen LogP contribution in [-0.2, 0) is 21.7 Å². The maximum absolute atomic E-state index is 7.55. The second kappa shape index (κ2) is 15.2. The van der Waals surface area contributed by atoms with Gasteiger partial charge in [0.1, 0.15) is 94.2 Å². The Morgan fingerprint density at radius 3 is 1.21 bits per heavy atom. The summed E-state index contributed by atoms with van der Waals surface area (Å²) >= 11 is 0. The van der Waals surface area contributed by atoms with Crippen molar-refractivity contribution in [2.24, 2.45) is 0 Å². The van der Waals surface area contributed by atoms with E-state index in [-0.39, 0.29) is 49.1 Å². The zero-order valence-electron chi connectivity index (χ0n) is 41.6. The Bertz CT molecular complexity index is 3650. The lowest BCUT2D eigenvalue weighted by Crippen LogP contribution is -2.51. The van der Waals surface area contributed by atoms with Crippen LogP contribution in [0, 0.1) is 0 Å². The first-order valence-electron chi connectivity index (χ1n) is 24.2. The van der Waals surface area contributed by atoms with Crippen molar-refractivity contribution in [1.29, 1.82) is 0 Å². The summed E-state index contributed by atoms with van der Waals surface area (Å²) < 4.78 is 0. The van der Waals surface area contributed by atoms with Crippen molar-refractivity contribution in [2.45, 2.75) is 70.1 Å². The second-order valence-electron chi connectivity index (χ2n) is 22.2.